The van der Waals surface area contributed by atoms with Gasteiger partial charge in [-0.1, -0.05) is 20.8 Å². The first kappa shape index (κ1) is 10.0. The predicted octanol–water partition coefficient (Wildman–Crippen LogP) is 3.24. The number of rotatable bonds is 0. The minimum absolute atomic E-state index is 0.127. The van der Waals surface area contributed by atoms with Crippen LogP contribution in [0.4, 0.5) is 0 Å². The normalized spacial score (nSPS) is 30.2. The summed E-state index contributed by atoms with van der Waals surface area (Å²) in [6.45, 7) is 12.2. The molecule has 1 heterocycles. The van der Waals surface area contributed by atoms with Crippen LogP contribution in [0.5, 0.6) is 0 Å². The van der Waals surface area contributed by atoms with E-state index in [4.69, 9.17) is 4.74 Å². The van der Waals surface area contributed by atoms with Crippen molar-refractivity contribution in [2.24, 2.45) is 11.3 Å². The molecule has 72 valence electrons. The predicted molar refractivity (Wildman–Crippen MR) is 52.2 cm³/mol. The van der Waals surface area contributed by atoms with Crippen LogP contribution < -0.4 is 0 Å². The molecule has 1 aliphatic rings. The standard InChI is InChI=1S/C11H22O/c1-10(2,3)9-6-7-11(4,5)12-8-9/h9H,6-8H2,1-5H3. The first-order valence-corrected chi connectivity index (χ1v) is 4.95. The number of hydrogen-bond acceptors (Lipinski definition) is 1. The molecule has 1 nitrogen and oxygen atoms in total. The smallest absolute Gasteiger partial charge is 0.0626 e. The average Bonchev–Trinajstić information content (AvgIpc) is 1.83. The van der Waals surface area contributed by atoms with Gasteiger partial charge in [0, 0.05) is 0 Å². The summed E-state index contributed by atoms with van der Waals surface area (Å²) in [4.78, 5) is 0. The van der Waals surface area contributed by atoms with E-state index in [0.717, 1.165) is 12.5 Å². The Balaban J connectivity index is 2.47. The molecular weight excluding hydrogens is 148 g/mol. The molecule has 1 aliphatic heterocycles. The monoisotopic (exact) mass is 170 g/mol. The maximum Gasteiger partial charge on any atom is 0.0626 e. The van der Waals surface area contributed by atoms with Gasteiger partial charge in [0.05, 0.1) is 12.2 Å². The molecule has 12 heavy (non-hydrogen) atoms. The lowest BCUT2D eigenvalue weighted by molar-refractivity contribution is -0.0977. The highest BCUT2D eigenvalue weighted by molar-refractivity contribution is 4.82. The molecule has 1 rings (SSSR count). The van der Waals surface area contributed by atoms with Crippen molar-refractivity contribution in [3.8, 4) is 0 Å². The van der Waals surface area contributed by atoms with Crippen molar-refractivity contribution >= 4 is 0 Å². The third kappa shape index (κ3) is 2.48. The van der Waals surface area contributed by atoms with Gasteiger partial charge < -0.3 is 4.74 Å². The Kier molecular flexibility index (Phi) is 2.53. The molecular formula is C11H22O. The summed E-state index contributed by atoms with van der Waals surface area (Å²) in [5.74, 6) is 0.741. The molecule has 1 fully saturated rings. The van der Waals surface area contributed by atoms with Crippen molar-refractivity contribution in [3.05, 3.63) is 0 Å². The quantitative estimate of drug-likeness (QED) is 0.542. The van der Waals surface area contributed by atoms with Crippen molar-refractivity contribution in [1.29, 1.82) is 0 Å². The van der Waals surface area contributed by atoms with Crippen LogP contribution in [0.25, 0.3) is 0 Å². The lowest BCUT2D eigenvalue weighted by atomic mass is 9.75. The number of ether oxygens (including phenoxy) is 1. The van der Waals surface area contributed by atoms with E-state index in [9.17, 15) is 0 Å². The molecule has 1 unspecified atom stereocenters. The Morgan fingerprint density at radius 2 is 1.83 bits per heavy atom. The molecule has 0 aromatic heterocycles. The van der Waals surface area contributed by atoms with Crippen LogP contribution in [0.2, 0.25) is 0 Å². The molecule has 0 bridgehead atoms. The lowest BCUT2D eigenvalue weighted by Crippen LogP contribution is -2.38. The summed E-state index contributed by atoms with van der Waals surface area (Å²) in [7, 11) is 0. The van der Waals surface area contributed by atoms with Gasteiger partial charge in [-0.25, -0.2) is 0 Å². The van der Waals surface area contributed by atoms with E-state index in [-0.39, 0.29) is 5.60 Å². The van der Waals surface area contributed by atoms with Gasteiger partial charge in [-0.15, -0.1) is 0 Å². The van der Waals surface area contributed by atoms with Crippen LogP contribution in [0.1, 0.15) is 47.5 Å². The maximum atomic E-state index is 5.80. The molecule has 0 aromatic rings. The molecule has 0 saturated carbocycles. The van der Waals surface area contributed by atoms with Gasteiger partial charge in [0.25, 0.3) is 0 Å². The summed E-state index contributed by atoms with van der Waals surface area (Å²) < 4.78 is 5.80. The first-order valence-electron chi connectivity index (χ1n) is 4.95. The second-order valence-corrected chi connectivity index (χ2v) is 5.67. The molecule has 0 N–H and O–H groups in total. The average molecular weight is 170 g/mol. The van der Waals surface area contributed by atoms with Crippen molar-refractivity contribution < 1.29 is 4.74 Å². The summed E-state index contributed by atoms with van der Waals surface area (Å²) >= 11 is 0. The van der Waals surface area contributed by atoms with Crippen molar-refractivity contribution in [2.45, 2.75) is 53.1 Å². The second-order valence-electron chi connectivity index (χ2n) is 5.67. The fourth-order valence-corrected chi connectivity index (χ4v) is 1.69. The van der Waals surface area contributed by atoms with Crippen molar-refractivity contribution in [2.75, 3.05) is 6.61 Å². The number of hydrogen-bond donors (Lipinski definition) is 0. The Hall–Kier alpha value is -0.0400. The molecule has 1 saturated heterocycles. The minimum Gasteiger partial charge on any atom is -0.375 e. The maximum absolute atomic E-state index is 5.80. The van der Waals surface area contributed by atoms with Gasteiger partial charge in [-0.05, 0) is 38.0 Å². The van der Waals surface area contributed by atoms with Gasteiger partial charge in [0.1, 0.15) is 0 Å². The zero-order chi connectivity index (χ0) is 9.41. The SMILES string of the molecule is CC1(C)CCC(C(C)(C)C)CO1. The molecule has 0 amide bonds. The highest BCUT2D eigenvalue weighted by atomic mass is 16.5. The van der Waals surface area contributed by atoms with Crippen molar-refractivity contribution in [1.82, 2.24) is 0 Å². The third-order valence-corrected chi connectivity index (χ3v) is 2.99. The fraction of sp³-hybridized carbons (Fsp3) is 1.00. The molecule has 1 atom stereocenters. The van der Waals surface area contributed by atoms with E-state index in [0.29, 0.717) is 5.41 Å². The van der Waals surface area contributed by atoms with Crippen LogP contribution in [-0.4, -0.2) is 12.2 Å². The van der Waals surface area contributed by atoms with Crippen molar-refractivity contribution in [3.63, 3.8) is 0 Å². The van der Waals surface area contributed by atoms with Gasteiger partial charge in [0.15, 0.2) is 0 Å². The van der Waals surface area contributed by atoms with Crippen LogP contribution >= 0.6 is 0 Å². The molecule has 0 radical (unpaired) electrons. The minimum atomic E-state index is 0.127. The Morgan fingerprint density at radius 3 is 2.17 bits per heavy atom. The van der Waals surface area contributed by atoms with Gasteiger partial charge in [0.2, 0.25) is 0 Å². The largest absolute Gasteiger partial charge is 0.375 e. The fourth-order valence-electron chi connectivity index (χ4n) is 1.69. The van der Waals surface area contributed by atoms with E-state index in [1.54, 1.807) is 0 Å². The summed E-state index contributed by atoms with van der Waals surface area (Å²) in [6, 6.07) is 0. The lowest BCUT2D eigenvalue weighted by Gasteiger charge is -2.40. The van der Waals surface area contributed by atoms with Crippen LogP contribution in [0.15, 0.2) is 0 Å². The highest BCUT2D eigenvalue weighted by Gasteiger charge is 2.33. The van der Waals surface area contributed by atoms with E-state index in [1.807, 2.05) is 0 Å². The zero-order valence-corrected chi connectivity index (χ0v) is 9.11. The molecule has 1 heteroatoms. The van der Waals surface area contributed by atoms with Gasteiger partial charge in [-0.3, -0.25) is 0 Å². The van der Waals surface area contributed by atoms with Crippen LogP contribution in [-0.2, 0) is 4.74 Å². The van der Waals surface area contributed by atoms with Crippen LogP contribution in [0.3, 0.4) is 0 Å². The molecule has 0 aromatic carbocycles. The van der Waals surface area contributed by atoms with Crippen LogP contribution in [0, 0.1) is 11.3 Å². The van der Waals surface area contributed by atoms with Gasteiger partial charge >= 0.3 is 0 Å². The molecule has 0 spiro atoms. The van der Waals surface area contributed by atoms with E-state index in [1.165, 1.54) is 12.8 Å². The van der Waals surface area contributed by atoms with E-state index >= 15 is 0 Å². The van der Waals surface area contributed by atoms with Gasteiger partial charge in [-0.2, -0.15) is 0 Å². The zero-order valence-electron chi connectivity index (χ0n) is 9.11. The topological polar surface area (TPSA) is 9.23 Å². The Bertz CT molecular complexity index is 143. The summed E-state index contributed by atoms with van der Waals surface area (Å²) in [5, 5.41) is 0. The first-order chi connectivity index (χ1) is 5.31. The highest BCUT2D eigenvalue weighted by Crippen LogP contribution is 2.37. The Labute approximate surface area is 76.5 Å². The van der Waals surface area contributed by atoms with E-state index < -0.39 is 0 Å². The Morgan fingerprint density at radius 1 is 1.25 bits per heavy atom. The van der Waals surface area contributed by atoms with E-state index in [2.05, 4.69) is 34.6 Å². The molecule has 0 aliphatic carbocycles. The summed E-state index contributed by atoms with van der Waals surface area (Å²) in [5.41, 5.74) is 0.540. The third-order valence-electron chi connectivity index (χ3n) is 2.99. The second kappa shape index (κ2) is 3.02. The summed E-state index contributed by atoms with van der Waals surface area (Å²) in [6.07, 6.45) is 2.52.